The zero-order valence-electron chi connectivity index (χ0n) is 16.7. The minimum Gasteiger partial charge on any atom is -0.393 e. The number of benzene rings is 1. The van der Waals surface area contributed by atoms with Gasteiger partial charge in [0, 0.05) is 16.4 Å². The molecule has 0 spiro atoms. The Kier molecular flexibility index (Phi) is 6.52. The van der Waals surface area contributed by atoms with Crippen LogP contribution >= 0.6 is 0 Å². The van der Waals surface area contributed by atoms with E-state index in [0.717, 1.165) is 82.6 Å². The molecule has 2 aliphatic carbocycles. The molecule has 0 saturated heterocycles. The van der Waals surface area contributed by atoms with Gasteiger partial charge in [-0.1, -0.05) is 56.0 Å². The summed E-state index contributed by atoms with van der Waals surface area (Å²) in [6, 6.07) is 9.65. The van der Waals surface area contributed by atoms with Crippen LogP contribution in [0.1, 0.15) is 94.3 Å². The van der Waals surface area contributed by atoms with Gasteiger partial charge in [0.1, 0.15) is 5.78 Å². The highest BCUT2D eigenvalue weighted by atomic mass is 16.3. The highest BCUT2D eigenvalue weighted by molar-refractivity contribution is 6.02. The van der Waals surface area contributed by atoms with Crippen LogP contribution in [0.2, 0.25) is 0 Å². The van der Waals surface area contributed by atoms with Crippen molar-refractivity contribution in [3.63, 3.8) is 0 Å². The molecule has 1 N–H and O–H groups in total. The third-order valence-electron chi connectivity index (χ3n) is 6.86. The van der Waals surface area contributed by atoms with Gasteiger partial charge >= 0.3 is 0 Å². The molecule has 1 aromatic carbocycles. The summed E-state index contributed by atoms with van der Waals surface area (Å²) < 4.78 is 0. The minimum atomic E-state index is -0.238. The first-order chi connectivity index (χ1) is 13.0. The third-order valence-corrected chi connectivity index (χ3v) is 6.86. The molecule has 0 aliphatic heterocycles. The number of rotatable bonds is 13. The second-order valence-corrected chi connectivity index (χ2v) is 8.96. The standard InChI is InChI=1S/C24H34O3/c1-19(25)23(15-16-23)13-7-5-11-21(26)12-6-8-14-24(17-18-24)22(27)20-9-3-2-4-10-20/h2-4,9-10,21,26H,5-8,11-18H2,1H3. The summed E-state index contributed by atoms with van der Waals surface area (Å²) in [7, 11) is 0. The van der Waals surface area contributed by atoms with Crippen molar-refractivity contribution in [2.75, 3.05) is 0 Å². The lowest BCUT2D eigenvalue weighted by Gasteiger charge is -2.15. The molecule has 2 fully saturated rings. The molecule has 27 heavy (non-hydrogen) atoms. The Hall–Kier alpha value is -1.48. The first kappa shape index (κ1) is 20.3. The van der Waals surface area contributed by atoms with E-state index in [1.54, 1.807) is 6.92 Å². The lowest BCUT2D eigenvalue weighted by atomic mass is 9.89. The van der Waals surface area contributed by atoms with E-state index >= 15 is 0 Å². The van der Waals surface area contributed by atoms with E-state index < -0.39 is 0 Å². The maximum atomic E-state index is 12.7. The van der Waals surface area contributed by atoms with Gasteiger partial charge in [-0.25, -0.2) is 0 Å². The molecule has 0 bridgehead atoms. The van der Waals surface area contributed by atoms with E-state index in [0.29, 0.717) is 11.6 Å². The Morgan fingerprint density at radius 1 is 0.889 bits per heavy atom. The number of hydrogen-bond acceptors (Lipinski definition) is 3. The quantitative estimate of drug-likeness (QED) is 0.368. The van der Waals surface area contributed by atoms with Crippen LogP contribution in [0.15, 0.2) is 30.3 Å². The fraction of sp³-hybridized carbons (Fsp3) is 0.667. The molecule has 0 radical (unpaired) electrons. The highest BCUT2D eigenvalue weighted by Crippen LogP contribution is 2.52. The summed E-state index contributed by atoms with van der Waals surface area (Å²) in [6.45, 7) is 1.72. The van der Waals surface area contributed by atoms with Crippen LogP contribution in [0.4, 0.5) is 0 Å². The average Bonchev–Trinajstić information content (AvgIpc) is 3.59. The second-order valence-electron chi connectivity index (χ2n) is 8.96. The molecule has 148 valence electrons. The second kappa shape index (κ2) is 8.68. The van der Waals surface area contributed by atoms with Crippen LogP contribution in [-0.4, -0.2) is 22.8 Å². The number of Topliss-reactive ketones (excluding diaryl/α,β-unsaturated/α-hetero) is 2. The van der Waals surface area contributed by atoms with Crippen LogP contribution in [0, 0.1) is 10.8 Å². The van der Waals surface area contributed by atoms with Crippen LogP contribution < -0.4 is 0 Å². The van der Waals surface area contributed by atoms with Crippen molar-refractivity contribution >= 4 is 11.6 Å². The van der Waals surface area contributed by atoms with E-state index in [4.69, 9.17) is 0 Å². The average molecular weight is 371 g/mol. The van der Waals surface area contributed by atoms with Crippen molar-refractivity contribution in [1.82, 2.24) is 0 Å². The van der Waals surface area contributed by atoms with Crippen LogP contribution in [-0.2, 0) is 4.79 Å². The monoisotopic (exact) mass is 370 g/mol. The van der Waals surface area contributed by atoms with E-state index in [-0.39, 0.29) is 16.9 Å². The van der Waals surface area contributed by atoms with Crippen LogP contribution in [0.3, 0.4) is 0 Å². The summed E-state index contributed by atoms with van der Waals surface area (Å²) in [6.07, 6.45) is 11.6. The Balaban J connectivity index is 1.28. The fourth-order valence-corrected chi connectivity index (χ4v) is 4.40. The zero-order chi connectivity index (χ0) is 19.3. The molecule has 0 heterocycles. The Morgan fingerprint density at radius 3 is 1.89 bits per heavy atom. The van der Waals surface area contributed by atoms with E-state index in [2.05, 4.69) is 0 Å². The Bertz CT molecular complexity index is 641. The van der Waals surface area contributed by atoms with Crippen molar-refractivity contribution in [2.24, 2.45) is 10.8 Å². The molecule has 1 aromatic rings. The van der Waals surface area contributed by atoms with Crippen LogP contribution in [0.25, 0.3) is 0 Å². The lowest BCUT2D eigenvalue weighted by Crippen LogP contribution is -2.16. The number of hydrogen-bond donors (Lipinski definition) is 1. The predicted octanol–water partition coefficient (Wildman–Crippen LogP) is 5.50. The lowest BCUT2D eigenvalue weighted by molar-refractivity contribution is -0.122. The molecule has 3 nitrogen and oxygen atoms in total. The SMILES string of the molecule is CC(=O)C1(CCCCC(O)CCCCC2(C(=O)c3ccccc3)CC2)CC1. The van der Waals surface area contributed by atoms with Gasteiger partial charge in [0.2, 0.25) is 0 Å². The van der Waals surface area contributed by atoms with Crippen molar-refractivity contribution < 1.29 is 14.7 Å². The van der Waals surface area contributed by atoms with Gasteiger partial charge in [0.15, 0.2) is 5.78 Å². The largest absolute Gasteiger partial charge is 0.393 e. The Labute approximate surface area is 163 Å². The molecule has 0 amide bonds. The summed E-state index contributed by atoms with van der Waals surface area (Å²) in [5.74, 6) is 0.658. The van der Waals surface area contributed by atoms with Gasteiger partial charge in [-0.3, -0.25) is 9.59 Å². The van der Waals surface area contributed by atoms with Gasteiger partial charge in [-0.15, -0.1) is 0 Å². The summed E-state index contributed by atoms with van der Waals surface area (Å²) >= 11 is 0. The first-order valence-electron chi connectivity index (χ1n) is 10.8. The number of carbonyl (C=O) groups is 2. The van der Waals surface area contributed by atoms with Crippen molar-refractivity contribution in [3.8, 4) is 0 Å². The zero-order valence-corrected chi connectivity index (χ0v) is 16.7. The van der Waals surface area contributed by atoms with Gasteiger partial charge in [-0.05, 0) is 58.3 Å². The smallest absolute Gasteiger partial charge is 0.168 e. The fourth-order valence-electron chi connectivity index (χ4n) is 4.40. The summed E-state index contributed by atoms with van der Waals surface area (Å²) in [4.78, 5) is 24.3. The molecule has 1 atom stereocenters. The van der Waals surface area contributed by atoms with Gasteiger partial charge in [0.05, 0.1) is 6.10 Å². The Morgan fingerprint density at radius 2 is 1.41 bits per heavy atom. The molecule has 1 unspecified atom stereocenters. The molecule has 3 heteroatoms. The summed E-state index contributed by atoms with van der Waals surface area (Å²) in [5, 5.41) is 10.2. The number of aliphatic hydroxyl groups is 1. The number of carbonyl (C=O) groups excluding carboxylic acids is 2. The first-order valence-corrected chi connectivity index (χ1v) is 10.8. The van der Waals surface area contributed by atoms with Gasteiger partial charge in [0.25, 0.3) is 0 Å². The normalized spacial score (nSPS) is 20.1. The van der Waals surface area contributed by atoms with Crippen LogP contribution in [0.5, 0.6) is 0 Å². The highest BCUT2D eigenvalue weighted by Gasteiger charge is 2.48. The number of ketones is 2. The maximum absolute atomic E-state index is 12.7. The molecular weight excluding hydrogens is 336 g/mol. The number of unbranched alkanes of at least 4 members (excludes halogenated alkanes) is 2. The predicted molar refractivity (Wildman–Crippen MR) is 108 cm³/mol. The van der Waals surface area contributed by atoms with Gasteiger partial charge < -0.3 is 5.11 Å². The minimum absolute atomic E-state index is 0.00876. The third kappa shape index (κ3) is 5.28. The molecule has 2 aliphatic rings. The molecule has 3 rings (SSSR count). The number of aliphatic hydroxyl groups excluding tert-OH is 1. The topological polar surface area (TPSA) is 54.4 Å². The van der Waals surface area contributed by atoms with E-state index in [9.17, 15) is 14.7 Å². The molecular formula is C24H34O3. The van der Waals surface area contributed by atoms with Crippen molar-refractivity contribution in [2.45, 2.75) is 90.1 Å². The van der Waals surface area contributed by atoms with Crippen molar-refractivity contribution in [3.05, 3.63) is 35.9 Å². The van der Waals surface area contributed by atoms with E-state index in [1.807, 2.05) is 30.3 Å². The van der Waals surface area contributed by atoms with Gasteiger partial charge in [-0.2, -0.15) is 0 Å². The van der Waals surface area contributed by atoms with E-state index in [1.165, 1.54) is 0 Å². The van der Waals surface area contributed by atoms with Crippen molar-refractivity contribution in [1.29, 1.82) is 0 Å². The molecule has 2 saturated carbocycles. The summed E-state index contributed by atoms with van der Waals surface area (Å²) in [5.41, 5.74) is 0.737. The molecule has 0 aromatic heterocycles. The maximum Gasteiger partial charge on any atom is 0.168 e.